The van der Waals surface area contributed by atoms with Crippen LogP contribution in [0.5, 0.6) is 0 Å². The van der Waals surface area contributed by atoms with E-state index in [1.165, 1.54) is 148 Å². The molecule has 6 nitrogen and oxygen atoms in total. The molecule has 1 unspecified atom stereocenters. The van der Waals surface area contributed by atoms with Gasteiger partial charge in [-0.15, -0.1) is 0 Å². The second-order valence-corrected chi connectivity index (χ2v) is 20.9. The van der Waals surface area contributed by atoms with E-state index in [-0.39, 0.29) is 37.5 Å². The Morgan fingerprint density at radius 2 is 0.526 bits per heavy atom. The van der Waals surface area contributed by atoms with E-state index in [1.54, 1.807) is 0 Å². The van der Waals surface area contributed by atoms with Crippen molar-refractivity contribution in [2.45, 2.75) is 303 Å². The summed E-state index contributed by atoms with van der Waals surface area (Å²) in [6.45, 7) is 6.48. The van der Waals surface area contributed by atoms with Crippen LogP contribution in [-0.2, 0) is 28.6 Å². The summed E-state index contributed by atoms with van der Waals surface area (Å²) in [5.41, 5.74) is 0. The van der Waals surface area contributed by atoms with Gasteiger partial charge in [0.15, 0.2) is 6.10 Å². The number of carbonyl (C=O) groups is 3. The van der Waals surface area contributed by atoms with Gasteiger partial charge in [-0.1, -0.05) is 265 Å². The number of ether oxygens (including phenoxy) is 3. The van der Waals surface area contributed by atoms with Crippen LogP contribution in [0.3, 0.4) is 0 Å². The summed E-state index contributed by atoms with van der Waals surface area (Å²) in [6, 6.07) is 0. The zero-order valence-corrected chi connectivity index (χ0v) is 49.7. The fourth-order valence-corrected chi connectivity index (χ4v) is 8.72. The Morgan fingerprint density at radius 1 is 0.276 bits per heavy atom. The second-order valence-electron chi connectivity index (χ2n) is 20.9. The molecular weight excluding hydrogens is 937 g/mol. The Balaban J connectivity index is 4.47. The van der Waals surface area contributed by atoms with Crippen LogP contribution in [0.15, 0.2) is 109 Å². The third kappa shape index (κ3) is 60.9. The predicted octanol–water partition coefficient (Wildman–Crippen LogP) is 21.8. The van der Waals surface area contributed by atoms with Crippen molar-refractivity contribution in [3.05, 3.63) is 109 Å². The van der Waals surface area contributed by atoms with Gasteiger partial charge in [0.25, 0.3) is 0 Å². The maximum atomic E-state index is 12.9. The third-order valence-electron chi connectivity index (χ3n) is 13.5. The van der Waals surface area contributed by atoms with Crippen molar-refractivity contribution in [1.29, 1.82) is 0 Å². The number of allylic oxidation sites excluding steroid dienone is 18. The van der Waals surface area contributed by atoms with Gasteiger partial charge in [0.1, 0.15) is 13.2 Å². The van der Waals surface area contributed by atoms with Crippen LogP contribution in [0.1, 0.15) is 297 Å². The minimum atomic E-state index is -0.809. The summed E-state index contributed by atoms with van der Waals surface area (Å²) in [6.07, 6.45) is 86.7. The zero-order chi connectivity index (χ0) is 55.0. The molecule has 6 heteroatoms. The number of rotatable bonds is 57. The molecule has 0 amide bonds. The molecule has 0 radical (unpaired) electrons. The summed E-state index contributed by atoms with van der Waals surface area (Å²) in [7, 11) is 0. The van der Waals surface area contributed by atoms with Crippen LogP contribution < -0.4 is 0 Å². The van der Waals surface area contributed by atoms with Crippen molar-refractivity contribution in [1.82, 2.24) is 0 Å². The fraction of sp³-hybridized carbons (Fsp3) is 0.700. The molecule has 0 aliphatic heterocycles. The lowest BCUT2D eigenvalue weighted by Gasteiger charge is -2.18. The fourth-order valence-electron chi connectivity index (χ4n) is 8.72. The first-order valence-corrected chi connectivity index (χ1v) is 31.9. The number of esters is 3. The molecule has 434 valence electrons. The molecule has 0 aromatic heterocycles. The van der Waals surface area contributed by atoms with Crippen molar-refractivity contribution < 1.29 is 28.6 Å². The lowest BCUT2D eigenvalue weighted by Crippen LogP contribution is -2.30. The van der Waals surface area contributed by atoms with E-state index in [4.69, 9.17) is 14.2 Å². The van der Waals surface area contributed by atoms with Crippen LogP contribution in [0.4, 0.5) is 0 Å². The van der Waals surface area contributed by atoms with Gasteiger partial charge >= 0.3 is 17.9 Å². The first-order valence-electron chi connectivity index (χ1n) is 31.9. The van der Waals surface area contributed by atoms with Crippen molar-refractivity contribution in [3.8, 4) is 0 Å². The smallest absolute Gasteiger partial charge is 0.306 e. The first-order chi connectivity index (χ1) is 37.5. The van der Waals surface area contributed by atoms with Crippen LogP contribution >= 0.6 is 0 Å². The van der Waals surface area contributed by atoms with E-state index in [0.29, 0.717) is 19.3 Å². The Hall–Kier alpha value is -3.93. The number of hydrogen-bond acceptors (Lipinski definition) is 6. The molecule has 0 heterocycles. The topological polar surface area (TPSA) is 78.9 Å². The Kier molecular flexibility index (Phi) is 60.3. The van der Waals surface area contributed by atoms with E-state index < -0.39 is 6.10 Å². The number of hydrogen-bond donors (Lipinski definition) is 0. The third-order valence-corrected chi connectivity index (χ3v) is 13.5. The quantitative estimate of drug-likeness (QED) is 0.0261. The van der Waals surface area contributed by atoms with Gasteiger partial charge in [-0.3, -0.25) is 14.4 Å². The summed E-state index contributed by atoms with van der Waals surface area (Å²) >= 11 is 0. The molecule has 0 fully saturated rings. The maximum absolute atomic E-state index is 12.9. The number of unbranched alkanes of at least 4 members (excludes halogenated alkanes) is 28. The Bertz CT molecular complexity index is 1540. The van der Waals surface area contributed by atoms with E-state index in [9.17, 15) is 14.4 Å². The van der Waals surface area contributed by atoms with Crippen LogP contribution in [0, 0.1) is 0 Å². The normalized spacial score (nSPS) is 12.8. The van der Waals surface area contributed by atoms with E-state index in [1.807, 2.05) is 0 Å². The molecule has 0 rings (SSSR count). The molecule has 0 aliphatic rings. The molecule has 76 heavy (non-hydrogen) atoms. The average Bonchev–Trinajstić information content (AvgIpc) is 3.42. The molecule has 0 aromatic rings. The molecule has 0 spiro atoms. The highest BCUT2D eigenvalue weighted by Crippen LogP contribution is 2.15. The highest BCUT2D eigenvalue weighted by Gasteiger charge is 2.19. The minimum Gasteiger partial charge on any atom is -0.462 e. The van der Waals surface area contributed by atoms with E-state index in [2.05, 4.69) is 130 Å². The second kappa shape index (κ2) is 63.6. The van der Waals surface area contributed by atoms with Crippen LogP contribution in [0.25, 0.3) is 0 Å². The summed E-state index contributed by atoms with van der Waals surface area (Å²) in [5.74, 6) is -0.967. The SMILES string of the molecule is CC/C=C\C/C=C\C/C=C\C/C=C\C/C=C\C/C=C\C/C=C\CCCC(=O)OCC(COC(=O)CCCCCCC/C=C\CCCCCCC)OC(=O)CCCCCCCCCCC/C=C\CCCCCCCCCC. The van der Waals surface area contributed by atoms with Gasteiger partial charge in [-0.05, 0) is 122 Å². The molecule has 0 aromatic carbocycles. The molecule has 0 aliphatic carbocycles. The average molecular weight is 1060 g/mol. The summed E-state index contributed by atoms with van der Waals surface area (Å²) < 4.78 is 16.9. The highest BCUT2D eigenvalue weighted by atomic mass is 16.6. The van der Waals surface area contributed by atoms with Gasteiger partial charge in [-0.25, -0.2) is 0 Å². The lowest BCUT2D eigenvalue weighted by molar-refractivity contribution is -0.167. The highest BCUT2D eigenvalue weighted by molar-refractivity contribution is 5.71. The molecule has 0 N–H and O–H groups in total. The maximum Gasteiger partial charge on any atom is 0.306 e. The predicted molar refractivity (Wildman–Crippen MR) is 330 cm³/mol. The van der Waals surface area contributed by atoms with Crippen molar-refractivity contribution in [2.24, 2.45) is 0 Å². The van der Waals surface area contributed by atoms with Gasteiger partial charge in [-0.2, -0.15) is 0 Å². The van der Waals surface area contributed by atoms with Crippen molar-refractivity contribution >= 4 is 17.9 Å². The lowest BCUT2D eigenvalue weighted by atomic mass is 10.1. The van der Waals surface area contributed by atoms with Crippen LogP contribution in [0.2, 0.25) is 0 Å². The van der Waals surface area contributed by atoms with E-state index in [0.717, 1.165) is 103 Å². The van der Waals surface area contributed by atoms with Crippen molar-refractivity contribution in [2.75, 3.05) is 13.2 Å². The molecular formula is C70H118O6. The molecule has 1 atom stereocenters. The van der Waals surface area contributed by atoms with Crippen molar-refractivity contribution in [3.63, 3.8) is 0 Å². The van der Waals surface area contributed by atoms with Gasteiger partial charge < -0.3 is 14.2 Å². The molecule has 0 saturated carbocycles. The monoisotopic (exact) mass is 1050 g/mol. The van der Waals surface area contributed by atoms with E-state index >= 15 is 0 Å². The Morgan fingerprint density at radius 3 is 0.868 bits per heavy atom. The number of carbonyl (C=O) groups excluding carboxylic acids is 3. The Labute approximate surface area is 470 Å². The largest absolute Gasteiger partial charge is 0.462 e. The van der Waals surface area contributed by atoms with Gasteiger partial charge in [0.2, 0.25) is 0 Å². The summed E-state index contributed by atoms with van der Waals surface area (Å²) in [4.78, 5) is 38.3. The van der Waals surface area contributed by atoms with Gasteiger partial charge in [0.05, 0.1) is 0 Å². The van der Waals surface area contributed by atoms with Crippen LogP contribution in [-0.4, -0.2) is 37.2 Å². The van der Waals surface area contributed by atoms with Gasteiger partial charge in [0, 0.05) is 19.3 Å². The zero-order valence-electron chi connectivity index (χ0n) is 49.7. The minimum absolute atomic E-state index is 0.101. The standard InChI is InChI=1S/C70H118O6/c1-4-7-10-13-16-19-22-25-28-30-32-34-35-37-38-40-42-45-48-51-54-57-60-63-69(72)75-66-67(65-74-68(71)62-59-56-53-50-47-44-27-24-21-18-15-12-9-6-3)76-70(73)64-61-58-55-52-49-46-43-41-39-36-33-31-29-26-23-20-17-14-11-8-5-2/h7,10,16,19,24-25,27-28,31-34,37-38,42,45,51,54,67H,4-6,8-9,11-15,17-18,20-23,26,29-30,35-36,39-41,43-44,46-50,52-53,55-66H2,1-3H3/b10-7-,19-16-,27-24-,28-25-,33-31-,34-32-,38-37-,45-42-,54-51-. The molecule has 0 bridgehead atoms. The molecule has 0 saturated heterocycles. The summed E-state index contributed by atoms with van der Waals surface area (Å²) in [5, 5.41) is 0. The first kappa shape index (κ1) is 72.1.